The first-order chi connectivity index (χ1) is 13.6. The highest BCUT2D eigenvalue weighted by atomic mass is 16.5. The molecule has 1 aromatic heterocycles. The number of hydrogen-bond acceptors (Lipinski definition) is 5. The molecule has 1 aromatic carbocycles. The maximum absolute atomic E-state index is 13.1. The van der Waals surface area contributed by atoms with Crippen LogP contribution in [0.3, 0.4) is 0 Å². The van der Waals surface area contributed by atoms with Crippen LogP contribution in [0.2, 0.25) is 0 Å². The zero-order chi connectivity index (χ0) is 21.9. The lowest BCUT2D eigenvalue weighted by Gasteiger charge is -2.21. The van der Waals surface area contributed by atoms with Crippen molar-refractivity contribution in [3.8, 4) is 17.7 Å². The van der Waals surface area contributed by atoms with Crippen LogP contribution in [0.4, 0.5) is 0 Å². The molecule has 0 fully saturated rings. The first-order valence-electron chi connectivity index (χ1n) is 9.82. The number of ether oxygens (including phenoxy) is 1. The second-order valence-corrected chi connectivity index (χ2v) is 7.59. The van der Waals surface area contributed by atoms with Crippen LogP contribution in [-0.2, 0) is 0 Å². The second-order valence-electron chi connectivity index (χ2n) is 7.59. The molecular weight excluding hydrogens is 368 g/mol. The zero-order valence-corrected chi connectivity index (χ0v) is 17.8. The lowest BCUT2D eigenvalue weighted by atomic mass is 9.98. The summed E-state index contributed by atoms with van der Waals surface area (Å²) >= 11 is 0. The highest BCUT2D eigenvalue weighted by Crippen LogP contribution is 2.28. The molecule has 0 aliphatic heterocycles. The van der Waals surface area contributed by atoms with Gasteiger partial charge in [0.1, 0.15) is 17.4 Å². The maximum atomic E-state index is 13.1. The van der Waals surface area contributed by atoms with Crippen molar-refractivity contribution in [2.75, 3.05) is 0 Å². The molecule has 2 atom stereocenters. The van der Waals surface area contributed by atoms with E-state index >= 15 is 0 Å². The van der Waals surface area contributed by atoms with Crippen molar-refractivity contribution >= 4 is 5.78 Å². The van der Waals surface area contributed by atoms with Crippen molar-refractivity contribution in [1.82, 2.24) is 4.57 Å². The third kappa shape index (κ3) is 4.34. The Kier molecular flexibility index (Phi) is 6.86. The number of benzene rings is 1. The molecule has 0 aliphatic rings. The van der Waals surface area contributed by atoms with E-state index in [1.807, 2.05) is 25.1 Å². The minimum Gasteiger partial charge on any atom is -0.494 e. The van der Waals surface area contributed by atoms with Gasteiger partial charge in [-0.05, 0) is 56.4 Å². The zero-order valence-electron chi connectivity index (χ0n) is 17.8. The smallest absolute Gasteiger partial charge is 0.271 e. The number of nitriles is 1. The molecule has 2 aromatic rings. The van der Waals surface area contributed by atoms with Gasteiger partial charge >= 0.3 is 0 Å². The van der Waals surface area contributed by atoms with E-state index in [1.54, 1.807) is 26.0 Å². The standard InChI is InChI=1S/C23H28N2O4/c1-7-14(4)25-22(27)19(12-24)15(5)20(23(25)28)21(26)16(6)29-18-10-8-17(9-11-18)13(2)3/h8-11,13-14,16,28H,7H2,1-6H3. The third-order valence-corrected chi connectivity index (χ3v) is 5.25. The number of aromatic nitrogens is 1. The Labute approximate surface area is 171 Å². The van der Waals surface area contributed by atoms with Crippen LogP contribution in [0.1, 0.15) is 80.0 Å². The largest absolute Gasteiger partial charge is 0.494 e. The predicted molar refractivity (Wildman–Crippen MR) is 112 cm³/mol. The van der Waals surface area contributed by atoms with Gasteiger partial charge in [0, 0.05) is 6.04 Å². The Bertz CT molecular complexity index is 998. The molecule has 0 radical (unpaired) electrons. The Hall–Kier alpha value is -3.07. The Morgan fingerprint density at radius 3 is 2.28 bits per heavy atom. The van der Waals surface area contributed by atoms with Crippen LogP contribution in [0.5, 0.6) is 11.6 Å². The molecule has 0 aliphatic carbocycles. The average Bonchev–Trinajstić information content (AvgIpc) is 2.68. The van der Waals surface area contributed by atoms with E-state index in [0.717, 1.165) is 10.1 Å². The Balaban J connectivity index is 2.46. The molecule has 0 spiro atoms. The molecule has 0 bridgehead atoms. The number of carbonyl (C=O) groups is 1. The third-order valence-electron chi connectivity index (χ3n) is 5.25. The molecule has 0 saturated heterocycles. The van der Waals surface area contributed by atoms with Gasteiger partial charge in [-0.1, -0.05) is 32.9 Å². The monoisotopic (exact) mass is 396 g/mol. The summed E-state index contributed by atoms with van der Waals surface area (Å²) in [7, 11) is 0. The van der Waals surface area contributed by atoms with Gasteiger partial charge in [-0.15, -0.1) is 0 Å². The van der Waals surface area contributed by atoms with Gasteiger partial charge in [0.15, 0.2) is 6.10 Å². The molecule has 1 heterocycles. The number of nitrogens with zero attached hydrogens (tertiary/aromatic N) is 2. The Morgan fingerprint density at radius 2 is 1.79 bits per heavy atom. The minimum atomic E-state index is -0.904. The molecule has 6 heteroatoms. The minimum absolute atomic E-state index is 0.0484. The van der Waals surface area contributed by atoms with Crippen LogP contribution < -0.4 is 10.3 Å². The number of ketones is 1. The van der Waals surface area contributed by atoms with Crippen molar-refractivity contribution in [2.45, 2.75) is 66.0 Å². The van der Waals surface area contributed by atoms with Gasteiger partial charge < -0.3 is 9.84 Å². The lowest BCUT2D eigenvalue weighted by molar-refractivity contribution is 0.0812. The summed E-state index contributed by atoms with van der Waals surface area (Å²) in [4.78, 5) is 25.7. The fraction of sp³-hybridized carbons (Fsp3) is 0.435. The van der Waals surface area contributed by atoms with Crippen molar-refractivity contribution < 1.29 is 14.6 Å². The van der Waals surface area contributed by atoms with Crippen molar-refractivity contribution in [3.63, 3.8) is 0 Å². The first-order valence-corrected chi connectivity index (χ1v) is 9.82. The number of carbonyl (C=O) groups excluding carboxylic acids is 1. The number of rotatable bonds is 7. The van der Waals surface area contributed by atoms with E-state index in [1.165, 1.54) is 6.92 Å². The van der Waals surface area contributed by atoms with E-state index in [9.17, 15) is 20.0 Å². The molecule has 29 heavy (non-hydrogen) atoms. The quantitative estimate of drug-likeness (QED) is 0.697. The summed E-state index contributed by atoms with van der Waals surface area (Å²) in [5, 5.41) is 20.2. The van der Waals surface area contributed by atoms with Crippen LogP contribution >= 0.6 is 0 Å². The summed E-state index contributed by atoms with van der Waals surface area (Å²) in [6.07, 6.45) is -0.345. The highest BCUT2D eigenvalue weighted by molar-refractivity contribution is 6.03. The topological polar surface area (TPSA) is 92.3 Å². The molecule has 2 unspecified atom stereocenters. The summed E-state index contributed by atoms with van der Waals surface area (Å²) in [5.74, 6) is 0.00908. The molecule has 2 rings (SSSR count). The fourth-order valence-corrected chi connectivity index (χ4v) is 3.20. The van der Waals surface area contributed by atoms with Crippen molar-refractivity contribution in [2.24, 2.45) is 0 Å². The number of hydrogen-bond donors (Lipinski definition) is 1. The van der Waals surface area contributed by atoms with Gasteiger partial charge in [-0.3, -0.25) is 14.2 Å². The average molecular weight is 396 g/mol. The summed E-state index contributed by atoms with van der Waals surface area (Å²) < 4.78 is 6.89. The summed E-state index contributed by atoms with van der Waals surface area (Å²) in [6.45, 7) is 10.9. The molecule has 0 amide bonds. The van der Waals surface area contributed by atoms with E-state index in [4.69, 9.17) is 4.74 Å². The Morgan fingerprint density at radius 1 is 1.21 bits per heavy atom. The first kappa shape index (κ1) is 22.2. The molecule has 6 nitrogen and oxygen atoms in total. The van der Waals surface area contributed by atoms with Crippen LogP contribution in [0.25, 0.3) is 0 Å². The number of Topliss-reactive ketones (excluding diaryl/α,β-unsaturated/α-hetero) is 1. The van der Waals surface area contributed by atoms with Crippen LogP contribution in [0.15, 0.2) is 29.1 Å². The molecule has 1 N–H and O–H groups in total. The van der Waals surface area contributed by atoms with Crippen LogP contribution in [-0.4, -0.2) is 21.6 Å². The van der Waals surface area contributed by atoms with Crippen molar-refractivity contribution in [3.05, 3.63) is 56.9 Å². The van der Waals surface area contributed by atoms with Gasteiger partial charge in [0.25, 0.3) is 5.56 Å². The molecule has 154 valence electrons. The second kappa shape index (κ2) is 8.95. The van der Waals surface area contributed by atoms with Crippen LogP contribution in [0, 0.1) is 18.3 Å². The van der Waals surface area contributed by atoms with Crippen molar-refractivity contribution in [1.29, 1.82) is 5.26 Å². The molecule has 0 saturated carbocycles. The van der Waals surface area contributed by atoms with Gasteiger partial charge in [0.2, 0.25) is 11.7 Å². The van der Waals surface area contributed by atoms with E-state index in [-0.39, 0.29) is 22.7 Å². The van der Waals surface area contributed by atoms with E-state index in [0.29, 0.717) is 18.1 Å². The molecular formula is C23H28N2O4. The van der Waals surface area contributed by atoms with E-state index in [2.05, 4.69) is 13.8 Å². The van der Waals surface area contributed by atoms with Gasteiger partial charge in [-0.2, -0.15) is 5.26 Å². The number of aromatic hydroxyl groups is 1. The fourth-order valence-electron chi connectivity index (χ4n) is 3.20. The SMILES string of the molecule is CCC(C)n1c(O)c(C(=O)C(C)Oc2ccc(C(C)C)cc2)c(C)c(C#N)c1=O. The maximum Gasteiger partial charge on any atom is 0.271 e. The normalized spacial score (nSPS) is 13.0. The van der Waals surface area contributed by atoms with Gasteiger partial charge in [-0.25, -0.2) is 0 Å². The lowest BCUT2D eigenvalue weighted by Crippen LogP contribution is -2.32. The summed E-state index contributed by atoms with van der Waals surface area (Å²) in [5.41, 5.74) is 0.549. The summed E-state index contributed by atoms with van der Waals surface area (Å²) in [6, 6.07) is 8.99. The predicted octanol–water partition coefficient (Wildman–Crippen LogP) is 4.48. The number of pyridine rings is 1. The highest BCUT2D eigenvalue weighted by Gasteiger charge is 2.29. The van der Waals surface area contributed by atoms with E-state index < -0.39 is 23.3 Å². The van der Waals surface area contributed by atoms with Gasteiger partial charge in [0.05, 0.1) is 5.56 Å².